The zero-order valence-electron chi connectivity index (χ0n) is 9.01. The van der Waals surface area contributed by atoms with Gasteiger partial charge in [0.15, 0.2) is 0 Å². The zero-order chi connectivity index (χ0) is 11.8. The van der Waals surface area contributed by atoms with E-state index in [4.69, 9.17) is 0 Å². The molecule has 1 heterocycles. The molecule has 1 amide bonds. The number of amides is 1. The third-order valence-electron chi connectivity index (χ3n) is 2.90. The first-order valence-corrected chi connectivity index (χ1v) is 6.72. The molecule has 1 aliphatic rings. The Balaban J connectivity index is 2.11. The van der Waals surface area contributed by atoms with E-state index in [1.165, 1.54) is 0 Å². The highest BCUT2D eigenvalue weighted by Gasteiger charge is 2.32. The van der Waals surface area contributed by atoms with Gasteiger partial charge in [-0.15, -0.1) is 0 Å². The molecule has 0 radical (unpaired) electrons. The van der Waals surface area contributed by atoms with Gasteiger partial charge in [0.1, 0.15) is 5.69 Å². The van der Waals surface area contributed by atoms with Crippen molar-refractivity contribution >= 4 is 15.9 Å². The van der Waals surface area contributed by atoms with E-state index in [1.807, 2.05) is 0 Å². The van der Waals surface area contributed by atoms with Crippen LogP contribution in [0.3, 0.4) is 0 Å². The number of nitrogens with one attached hydrogen (secondary N) is 1. The Kier molecular flexibility index (Phi) is 2.75. The molecule has 1 N–H and O–H groups in total. The first-order chi connectivity index (χ1) is 7.50. The summed E-state index contributed by atoms with van der Waals surface area (Å²) in [7, 11) is -1.78. The maximum atomic E-state index is 11.7. The lowest BCUT2D eigenvalue weighted by Gasteiger charge is -2.25. The van der Waals surface area contributed by atoms with Gasteiger partial charge in [-0.25, -0.2) is 13.1 Å². The Labute approximate surface area is 94.5 Å². The van der Waals surface area contributed by atoms with Crippen LogP contribution in [0, 0.1) is 0 Å². The lowest BCUT2D eigenvalue weighted by Crippen LogP contribution is -2.41. The number of sulfonamides is 1. The first kappa shape index (κ1) is 11.2. The summed E-state index contributed by atoms with van der Waals surface area (Å²) in [6, 6.07) is 3.29. The largest absolute Gasteiger partial charge is 0.347 e. The van der Waals surface area contributed by atoms with E-state index in [9.17, 15) is 13.2 Å². The zero-order valence-corrected chi connectivity index (χ0v) is 9.83. The van der Waals surface area contributed by atoms with E-state index in [-0.39, 0.29) is 0 Å². The fourth-order valence-electron chi connectivity index (χ4n) is 1.64. The van der Waals surface area contributed by atoms with Gasteiger partial charge in [0.2, 0.25) is 10.0 Å². The van der Waals surface area contributed by atoms with Crippen molar-refractivity contribution in [3.63, 3.8) is 0 Å². The van der Waals surface area contributed by atoms with Gasteiger partial charge in [0.25, 0.3) is 5.91 Å². The number of carbonyl (C=O) groups is 1. The number of carbonyl (C=O) groups excluding carboxylic acids is 1. The number of hydrogen-bond acceptors (Lipinski definition) is 3. The number of aryl methyl sites for hydroxylation is 1. The molecular formula is C10H14N2O3S. The van der Waals surface area contributed by atoms with Crippen LogP contribution in [0.5, 0.6) is 0 Å². The highest BCUT2D eigenvalue weighted by Crippen LogP contribution is 2.25. The molecule has 1 aromatic heterocycles. The van der Waals surface area contributed by atoms with E-state index in [1.54, 1.807) is 29.9 Å². The Morgan fingerprint density at radius 2 is 2.19 bits per heavy atom. The highest BCUT2D eigenvalue weighted by molar-refractivity contribution is 7.90. The lowest BCUT2D eigenvalue weighted by atomic mass is 10.0. The summed E-state index contributed by atoms with van der Waals surface area (Å²) in [6.45, 7) is 0. The molecule has 0 saturated heterocycles. The SMILES string of the molecule is Cn1cccc1C(=O)NS(=O)(=O)C1CCC1. The van der Waals surface area contributed by atoms with Crippen molar-refractivity contribution in [1.82, 2.24) is 9.29 Å². The molecule has 0 aromatic carbocycles. The average molecular weight is 242 g/mol. The Bertz CT molecular complexity index is 500. The van der Waals surface area contributed by atoms with Crippen molar-refractivity contribution in [3.8, 4) is 0 Å². The molecule has 0 bridgehead atoms. The quantitative estimate of drug-likeness (QED) is 0.845. The van der Waals surface area contributed by atoms with Gasteiger partial charge in [-0.1, -0.05) is 6.42 Å². The van der Waals surface area contributed by atoms with Gasteiger partial charge in [-0.2, -0.15) is 0 Å². The van der Waals surface area contributed by atoms with Crippen LogP contribution in [0.25, 0.3) is 0 Å². The molecule has 5 nitrogen and oxygen atoms in total. The number of rotatable bonds is 3. The smallest absolute Gasteiger partial charge is 0.281 e. The van der Waals surface area contributed by atoms with Crippen molar-refractivity contribution in [2.45, 2.75) is 24.5 Å². The second-order valence-corrected chi connectivity index (χ2v) is 5.99. The van der Waals surface area contributed by atoms with Crippen LogP contribution >= 0.6 is 0 Å². The predicted octanol–water partition coefficient (Wildman–Crippen LogP) is 0.637. The standard InChI is InChI=1S/C10H14N2O3S/c1-12-7-3-6-9(12)10(13)11-16(14,15)8-4-2-5-8/h3,6-8H,2,4-5H2,1H3,(H,11,13). The van der Waals surface area contributed by atoms with Gasteiger partial charge in [0, 0.05) is 13.2 Å². The maximum Gasteiger partial charge on any atom is 0.281 e. The van der Waals surface area contributed by atoms with Crippen LogP contribution < -0.4 is 4.72 Å². The van der Waals surface area contributed by atoms with Gasteiger partial charge in [0.05, 0.1) is 5.25 Å². The molecule has 1 aromatic rings. The fourth-order valence-corrected chi connectivity index (χ4v) is 3.13. The second kappa shape index (κ2) is 3.93. The van der Waals surface area contributed by atoms with Crippen LogP contribution in [0.15, 0.2) is 18.3 Å². The molecule has 88 valence electrons. The van der Waals surface area contributed by atoms with E-state index < -0.39 is 21.2 Å². The first-order valence-electron chi connectivity index (χ1n) is 5.18. The summed E-state index contributed by atoms with van der Waals surface area (Å²) in [5, 5.41) is -0.392. The van der Waals surface area contributed by atoms with Crippen molar-refractivity contribution in [2.75, 3.05) is 0 Å². The molecule has 2 rings (SSSR count). The molecule has 1 fully saturated rings. The number of hydrogen-bond donors (Lipinski definition) is 1. The minimum Gasteiger partial charge on any atom is -0.347 e. The van der Waals surface area contributed by atoms with Crippen LogP contribution in [-0.4, -0.2) is 24.1 Å². The van der Waals surface area contributed by atoms with Crippen molar-refractivity contribution in [1.29, 1.82) is 0 Å². The molecule has 0 unspecified atom stereocenters. The lowest BCUT2D eigenvalue weighted by molar-refractivity contribution is 0.0973. The normalized spacial score (nSPS) is 16.8. The molecule has 0 aliphatic heterocycles. The van der Waals surface area contributed by atoms with E-state index in [0.717, 1.165) is 6.42 Å². The monoisotopic (exact) mass is 242 g/mol. The van der Waals surface area contributed by atoms with Crippen LogP contribution in [0.1, 0.15) is 29.8 Å². The third-order valence-corrected chi connectivity index (χ3v) is 4.72. The summed E-state index contributed by atoms with van der Waals surface area (Å²) < 4.78 is 27.1. The topological polar surface area (TPSA) is 68.2 Å². The highest BCUT2D eigenvalue weighted by atomic mass is 32.2. The minimum absolute atomic E-state index is 0.350. The predicted molar refractivity (Wildman–Crippen MR) is 59.4 cm³/mol. The van der Waals surface area contributed by atoms with Gasteiger partial charge in [-0.3, -0.25) is 4.79 Å². The Morgan fingerprint density at radius 3 is 2.62 bits per heavy atom. The summed E-state index contributed by atoms with van der Waals surface area (Å²) in [4.78, 5) is 11.7. The molecule has 0 spiro atoms. The van der Waals surface area contributed by atoms with Crippen LogP contribution in [0.4, 0.5) is 0 Å². The van der Waals surface area contributed by atoms with Crippen LogP contribution in [0.2, 0.25) is 0 Å². The summed E-state index contributed by atoms with van der Waals surface area (Å²) in [6.07, 6.45) is 3.92. The van der Waals surface area contributed by atoms with Gasteiger partial charge >= 0.3 is 0 Å². The van der Waals surface area contributed by atoms with E-state index >= 15 is 0 Å². The van der Waals surface area contributed by atoms with Crippen LogP contribution in [-0.2, 0) is 17.1 Å². The average Bonchev–Trinajstić information content (AvgIpc) is 2.45. The maximum absolute atomic E-state index is 11.7. The molecular weight excluding hydrogens is 228 g/mol. The Hall–Kier alpha value is -1.30. The van der Waals surface area contributed by atoms with Crippen molar-refractivity contribution in [3.05, 3.63) is 24.0 Å². The molecule has 1 saturated carbocycles. The molecule has 1 aliphatic carbocycles. The van der Waals surface area contributed by atoms with E-state index in [2.05, 4.69) is 4.72 Å². The molecule has 16 heavy (non-hydrogen) atoms. The summed E-state index contributed by atoms with van der Waals surface area (Å²) in [5.74, 6) is -0.556. The Morgan fingerprint density at radius 1 is 1.50 bits per heavy atom. The number of nitrogens with zero attached hydrogens (tertiary/aromatic N) is 1. The van der Waals surface area contributed by atoms with E-state index in [0.29, 0.717) is 18.5 Å². The van der Waals surface area contributed by atoms with Gasteiger partial charge < -0.3 is 4.57 Å². The van der Waals surface area contributed by atoms with Crippen molar-refractivity contribution < 1.29 is 13.2 Å². The fraction of sp³-hybridized carbons (Fsp3) is 0.500. The number of aromatic nitrogens is 1. The van der Waals surface area contributed by atoms with Gasteiger partial charge in [-0.05, 0) is 25.0 Å². The summed E-state index contributed by atoms with van der Waals surface area (Å²) >= 11 is 0. The minimum atomic E-state index is -3.48. The van der Waals surface area contributed by atoms with Crippen molar-refractivity contribution in [2.24, 2.45) is 7.05 Å². The second-order valence-electron chi connectivity index (χ2n) is 4.03. The summed E-state index contributed by atoms with van der Waals surface area (Å²) in [5.41, 5.74) is 0.350. The molecule has 0 atom stereocenters. The third kappa shape index (κ3) is 1.97. The molecule has 6 heteroatoms.